The lowest BCUT2D eigenvalue weighted by Crippen LogP contribution is -2.60. The van der Waals surface area contributed by atoms with Crippen molar-refractivity contribution in [2.75, 3.05) is 13.2 Å². The third-order valence-electron chi connectivity index (χ3n) is 11.8. The second-order valence-corrected chi connectivity index (χ2v) is 17.3. The monoisotopic (exact) mass is 824 g/mol. The predicted molar refractivity (Wildman–Crippen MR) is 240 cm³/mol. The highest BCUT2D eigenvalue weighted by molar-refractivity contribution is 5.76. The lowest BCUT2D eigenvalue weighted by atomic mass is 9.99. The number of allylic oxidation sites excluding steroid dienone is 3. The Balaban J connectivity index is 2.24. The largest absolute Gasteiger partial charge is 0.394 e. The number of rotatable bonds is 41. The zero-order chi connectivity index (χ0) is 42.3. The first-order chi connectivity index (χ1) is 28.3. The number of ether oxygens (including phenoxy) is 2. The van der Waals surface area contributed by atoms with Crippen molar-refractivity contribution in [2.24, 2.45) is 0 Å². The van der Waals surface area contributed by atoms with Crippen molar-refractivity contribution in [1.82, 2.24) is 5.32 Å². The quantitative estimate of drug-likeness (QED) is 0.0264. The third kappa shape index (κ3) is 29.8. The van der Waals surface area contributed by atoms with Crippen LogP contribution in [0, 0.1) is 0 Å². The maximum atomic E-state index is 12.9. The van der Waals surface area contributed by atoms with Crippen molar-refractivity contribution < 1.29 is 39.8 Å². The molecule has 1 fully saturated rings. The number of aliphatic hydroxyl groups excluding tert-OH is 5. The molecule has 342 valence electrons. The van der Waals surface area contributed by atoms with Crippen LogP contribution in [0.25, 0.3) is 0 Å². The topological polar surface area (TPSA) is 149 Å². The molecule has 7 atom stereocenters. The highest BCUT2D eigenvalue weighted by Crippen LogP contribution is 2.23. The van der Waals surface area contributed by atoms with E-state index in [1.807, 2.05) is 6.08 Å². The van der Waals surface area contributed by atoms with Gasteiger partial charge in [-0.25, -0.2) is 0 Å². The Morgan fingerprint density at radius 2 is 0.983 bits per heavy atom. The van der Waals surface area contributed by atoms with E-state index in [9.17, 15) is 30.3 Å². The van der Waals surface area contributed by atoms with E-state index < -0.39 is 49.5 Å². The van der Waals surface area contributed by atoms with E-state index in [0.717, 1.165) is 38.5 Å². The minimum absolute atomic E-state index is 0.189. The Morgan fingerprint density at radius 3 is 1.45 bits per heavy atom. The van der Waals surface area contributed by atoms with Gasteiger partial charge in [0.2, 0.25) is 5.91 Å². The fourth-order valence-corrected chi connectivity index (χ4v) is 7.82. The molecule has 0 radical (unpaired) electrons. The van der Waals surface area contributed by atoms with E-state index >= 15 is 0 Å². The van der Waals surface area contributed by atoms with Crippen molar-refractivity contribution in [3.8, 4) is 0 Å². The molecular formula is C49H93NO8. The van der Waals surface area contributed by atoms with Crippen LogP contribution < -0.4 is 5.32 Å². The molecule has 1 heterocycles. The van der Waals surface area contributed by atoms with Crippen molar-refractivity contribution in [3.63, 3.8) is 0 Å². The number of carbonyl (C=O) groups is 1. The van der Waals surface area contributed by atoms with Crippen LogP contribution in [0.15, 0.2) is 24.3 Å². The summed E-state index contributed by atoms with van der Waals surface area (Å²) < 4.78 is 11.2. The minimum atomic E-state index is -1.57. The molecule has 1 aliphatic heterocycles. The maximum Gasteiger partial charge on any atom is 0.220 e. The molecule has 1 amide bonds. The van der Waals surface area contributed by atoms with Crippen molar-refractivity contribution in [1.29, 1.82) is 0 Å². The van der Waals surface area contributed by atoms with Crippen LogP contribution in [0.3, 0.4) is 0 Å². The van der Waals surface area contributed by atoms with E-state index in [-0.39, 0.29) is 12.5 Å². The summed E-state index contributed by atoms with van der Waals surface area (Å²) in [6.07, 6.45) is 41.1. The van der Waals surface area contributed by atoms with Gasteiger partial charge < -0.3 is 40.3 Å². The maximum absolute atomic E-state index is 12.9. The van der Waals surface area contributed by atoms with E-state index in [2.05, 4.69) is 31.3 Å². The number of aliphatic hydroxyl groups is 5. The molecule has 9 heteroatoms. The molecule has 0 aromatic carbocycles. The number of hydrogen-bond donors (Lipinski definition) is 6. The number of amides is 1. The average Bonchev–Trinajstić information content (AvgIpc) is 3.22. The van der Waals surface area contributed by atoms with Crippen molar-refractivity contribution in [3.05, 3.63) is 24.3 Å². The summed E-state index contributed by atoms with van der Waals surface area (Å²) in [5, 5.41) is 54.1. The lowest BCUT2D eigenvalue weighted by Gasteiger charge is -2.40. The molecule has 1 aliphatic rings. The smallest absolute Gasteiger partial charge is 0.220 e. The van der Waals surface area contributed by atoms with Crippen LogP contribution in [0.4, 0.5) is 0 Å². The Morgan fingerprint density at radius 1 is 0.569 bits per heavy atom. The van der Waals surface area contributed by atoms with Gasteiger partial charge in [-0.2, -0.15) is 0 Å². The molecule has 1 saturated heterocycles. The Labute approximate surface area is 356 Å². The molecular weight excluding hydrogens is 731 g/mol. The molecule has 0 bridgehead atoms. The summed E-state index contributed by atoms with van der Waals surface area (Å²) >= 11 is 0. The molecule has 7 unspecified atom stereocenters. The molecule has 0 saturated carbocycles. The Kier molecular flexibility index (Phi) is 37.5. The normalized spacial score (nSPS) is 21.0. The zero-order valence-electron chi connectivity index (χ0n) is 37.6. The van der Waals surface area contributed by atoms with Gasteiger partial charge in [-0.15, -0.1) is 0 Å². The van der Waals surface area contributed by atoms with Crippen molar-refractivity contribution in [2.45, 2.75) is 269 Å². The van der Waals surface area contributed by atoms with Crippen LogP contribution in [0.1, 0.15) is 226 Å². The molecule has 58 heavy (non-hydrogen) atoms. The zero-order valence-corrected chi connectivity index (χ0v) is 37.6. The first-order valence-electron chi connectivity index (χ1n) is 24.6. The number of nitrogens with one attached hydrogen (secondary N) is 1. The second kappa shape index (κ2) is 39.8. The first kappa shape index (κ1) is 54.7. The fraction of sp³-hybridized carbons (Fsp3) is 0.898. The highest BCUT2D eigenvalue weighted by Gasteiger charge is 2.44. The molecule has 0 spiro atoms. The summed E-state index contributed by atoms with van der Waals surface area (Å²) in [6, 6.07) is -0.815. The summed E-state index contributed by atoms with van der Waals surface area (Å²) in [4.78, 5) is 12.9. The summed E-state index contributed by atoms with van der Waals surface area (Å²) in [6.45, 7) is 3.74. The van der Waals surface area contributed by atoms with Crippen LogP contribution in [-0.2, 0) is 14.3 Å². The SMILES string of the molecule is CCCCCCCCCCCCCCCCCCCCCC/C=C/CC/C=C/C(O)C(COC1OC(CO)C(O)C(O)C1O)NC(=O)CCCCCCCCCCC. The standard InChI is InChI=1S/C49H93NO8/c1-3-5-7-9-11-13-14-15-16-17-18-19-20-21-22-23-24-25-26-27-28-29-31-32-34-36-38-43(52)42(41-57-49-48(56)47(55)46(54)44(40-51)58-49)50-45(53)39-37-35-33-30-12-10-8-6-4-2/h29,31,36,38,42-44,46-49,51-52,54-56H,3-28,30,32-35,37,39-41H2,1-2H3,(H,50,53)/b31-29+,38-36+. The summed E-state index contributed by atoms with van der Waals surface area (Å²) in [5.74, 6) is -0.189. The molecule has 6 N–H and O–H groups in total. The van der Waals surface area contributed by atoms with Gasteiger partial charge in [0.25, 0.3) is 0 Å². The van der Waals surface area contributed by atoms with E-state index in [1.165, 1.54) is 167 Å². The molecule has 1 rings (SSSR count). The molecule has 0 aromatic heterocycles. The first-order valence-corrected chi connectivity index (χ1v) is 24.6. The van der Waals surface area contributed by atoms with Gasteiger partial charge in [0.15, 0.2) is 6.29 Å². The van der Waals surface area contributed by atoms with E-state index in [1.54, 1.807) is 6.08 Å². The van der Waals surface area contributed by atoms with Gasteiger partial charge in [-0.1, -0.05) is 212 Å². The van der Waals surface area contributed by atoms with Crippen molar-refractivity contribution >= 4 is 5.91 Å². The lowest BCUT2D eigenvalue weighted by molar-refractivity contribution is -0.302. The van der Waals surface area contributed by atoms with E-state index in [4.69, 9.17) is 9.47 Å². The third-order valence-corrected chi connectivity index (χ3v) is 11.8. The van der Waals surface area contributed by atoms with Crippen LogP contribution in [0.2, 0.25) is 0 Å². The minimum Gasteiger partial charge on any atom is -0.394 e. The van der Waals surface area contributed by atoms with Gasteiger partial charge in [-0.05, 0) is 32.1 Å². The average molecular weight is 824 g/mol. The molecule has 0 aromatic rings. The van der Waals surface area contributed by atoms with Gasteiger partial charge in [0.05, 0.1) is 25.4 Å². The highest BCUT2D eigenvalue weighted by atomic mass is 16.7. The van der Waals surface area contributed by atoms with Gasteiger partial charge in [0, 0.05) is 6.42 Å². The van der Waals surface area contributed by atoms with Gasteiger partial charge in [-0.3, -0.25) is 4.79 Å². The van der Waals surface area contributed by atoms with E-state index in [0.29, 0.717) is 6.42 Å². The summed E-state index contributed by atoms with van der Waals surface area (Å²) in [5.41, 5.74) is 0. The van der Waals surface area contributed by atoms with Crippen LogP contribution in [-0.4, -0.2) is 87.5 Å². The number of unbranched alkanes of at least 4 members (excludes halogenated alkanes) is 29. The number of carbonyl (C=O) groups excluding carboxylic acids is 1. The Bertz CT molecular complexity index is 961. The van der Waals surface area contributed by atoms with Gasteiger partial charge >= 0.3 is 0 Å². The van der Waals surface area contributed by atoms with Crippen LogP contribution in [0.5, 0.6) is 0 Å². The Hall–Kier alpha value is -1.33. The molecule has 0 aliphatic carbocycles. The van der Waals surface area contributed by atoms with Gasteiger partial charge in [0.1, 0.15) is 24.4 Å². The fourth-order valence-electron chi connectivity index (χ4n) is 7.82. The molecule has 9 nitrogen and oxygen atoms in total. The second-order valence-electron chi connectivity index (χ2n) is 17.3. The number of hydrogen-bond acceptors (Lipinski definition) is 8. The van der Waals surface area contributed by atoms with Crippen LogP contribution >= 0.6 is 0 Å². The summed E-state index contributed by atoms with van der Waals surface area (Å²) in [7, 11) is 0. The predicted octanol–water partition coefficient (Wildman–Crippen LogP) is 10.7.